The molecule has 1 aromatic heterocycles. The molecule has 0 fully saturated rings. The summed E-state index contributed by atoms with van der Waals surface area (Å²) in [5, 5.41) is 19.5. The fraction of sp³-hybridized carbons (Fsp3) is 0.286. The number of aromatic hydroxyl groups is 1. The molecule has 0 bridgehead atoms. The maximum atomic E-state index is 12.4. The van der Waals surface area contributed by atoms with E-state index in [0.29, 0.717) is 58.3 Å². The average Bonchev–Trinajstić information content (AvgIpc) is 3.19. The molecule has 0 amide bonds. The van der Waals surface area contributed by atoms with Crippen LogP contribution in [0.15, 0.2) is 35.6 Å². The van der Waals surface area contributed by atoms with Crippen molar-refractivity contribution in [3.63, 3.8) is 0 Å². The Morgan fingerprint density at radius 1 is 1.27 bits per heavy atom. The second-order valence-electron chi connectivity index (χ2n) is 7.35. The largest absolute Gasteiger partial charge is 0.504 e. The number of phenolic OH excluding ortho intramolecular Hbond substituents is 1. The first-order valence-electron chi connectivity index (χ1n) is 9.87. The third-order valence-corrected chi connectivity index (χ3v) is 5.97. The molecule has 2 heterocycles. The number of nitrogens with zero attached hydrogens (tertiary/aromatic N) is 2. The van der Waals surface area contributed by atoms with Crippen molar-refractivity contribution in [2.45, 2.75) is 19.0 Å². The molecule has 0 saturated heterocycles. The van der Waals surface area contributed by atoms with Gasteiger partial charge in [-0.25, -0.2) is 4.79 Å². The number of benzene rings is 2. The van der Waals surface area contributed by atoms with E-state index in [1.54, 1.807) is 24.4 Å². The molecule has 12 heteroatoms. The summed E-state index contributed by atoms with van der Waals surface area (Å²) < 4.78 is 42.7. The van der Waals surface area contributed by atoms with E-state index in [0.717, 1.165) is 11.1 Å². The molecule has 174 valence electrons. The lowest BCUT2D eigenvalue weighted by molar-refractivity contribution is -0.517. The van der Waals surface area contributed by atoms with Crippen LogP contribution in [0, 0.1) is 0 Å². The molecule has 3 aromatic rings. The lowest BCUT2D eigenvalue weighted by Gasteiger charge is -2.14. The molecule has 0 aliphatic carbocycles. The van der Waals surface area contributed by atoms with Crippen LogP contribution in [0.1, 0.15) is 11.1 Å². The van der Waals surface area contributed by atoms with E-state index in [1.807, 2.05) is 6.07 Å². The second kappa shape index (κ2) is 9.11. The number of hydrogen-bond donors (Lipinski definition) is 3. The number of aromatic amines is 1. The number of ether oxygens (including phenoxy) is 1. The molecule has 0 radical (unpaired) electrons. The number of esters is 1. The summed E-state index contributed by atoms with van der Waals surface area (Å²) >= 11 is 12.0. The van der Waals surface area contributed by atoms with Crippen molar-refractivity contribution < 1.29 is 32.5 Å². The molecule has 0 unspecified atom stereocenters. The van der Waals surface area contributed by atoms with Crippen LogP contribution in [0.5, 0.6) is 5.75 Å². The van der Waals surface area contributed by atoms with Crippen LogP contribution >= 0.6 is 23.2 Å². The van der Waals surface area contributed by atoms with E-state index in [9.17, 15) is 23.1 Å². The molecule has 7 nitrogen and oxygen atoms in total. The predicted molar refractivity (Wildman–Crippen MR) is 117 cm³/mol. The van der Waals surface area contributed by atoms with Crippen LogP contribution in [-0.4, -0.2) is 46.8 Å². The first-order chi connectivity index (χ1) is 15.6. The molecule has 4 rings (SSSR count). The van der Waals surface area contributed by atoms with E-state index < -0.39 is 18.9 Å². The maximum absolute atomic E-state index is 12.4. The van der Waals surface area contributed by atoms with Gasteiger partial charge < -0.3 is 20.1 Å². The summed E-state index contributed by atoms with van der Waals surface area (Å²) in [6.07, 6.45) is -2.16. The highest BCUT2D eigenvalue weighted by Crippen LogP contribution is 2.42. The summed E-state index contributed by atoms with van der Waals surface area (Å²) in [6, 6.07) is 6.98. The van der Waals surface area contributed by atoms with Gasteiger partial charge in [-0.05, 0) is 29.7 Å². The maximum Gasteiger partial charge on any atom is 0.490 e. The zero-order valence-electron chi connectivity index (χ0n) is 17.0. The number of H-pyrrole nitrogens is 1. The minimum Gasteiger partial charge on any atom is -0.504 e. The van der Waals surface area contributed by atoms with Crippen molar-refractivity contribution in [2.24, 2.45) is 5.11 Å². The van der Waals surface area contributed by atoms with E-state index in [4.69, 9.17) is 23.2 Å². The Morgan fingerprint density at radius 2 is 2.06 bits per heavy atom. The Balaban J connectivity index is 1.56. The molecule has 1 aliphatic rings. The second-order valence-corrected chi connectivity index (χ2v) is 8.17. The van der Waals surface area contributed by atoms with Gasteiger partial charge in [-0.3, -0.25) is 0 Å². The Bertz CT molecular complexity index is 1260. The molecular weight excluding hydrogens is 484 g/mol. The minimum atomic E-state index is -5.08. The summed E-state index contributed by atoms with van der Waals surface area (Å²) in [5.74, 6) is -2.29. The number of nitrogens with one attached hydrogen (secondary N) is 2. The number of aromatic nitrogens is 1. The molecule has 33 heavy (non-hydrogen) atoms. The fourth-order valence-corrected chi connectivity index (χ4v) is 3.98. The lowest BCUT2D eigenvalue weighted by Crippen LogP contribution is -2.26. The van der Waals surface area contributed by atoms with Gasteiger partial charge in [-0.2, -0.15) is 13.2 Å². The molecule has 0 spiro atoms. The van der Waals surface area contributed by atoms with Crippen molar-refractivity contribution in [3.05, 3.63) is 51.6 Å². The van der Waals surface area contributed by atoms with Crippen LogP contribution in [-0.2, 0) is 22.4 Å². The molecule has 3 N–H and O–H groups in total. The van der Waals surface area contributed by atoms with Gasteiger partial charge in [0, 0.05) is 30.3 Å². The molecular formula is C21H18Cl2F3N4O3+. The monoisotopic (exact) mass is 501 g/mol. The number of phenols is 1. The van der Waals surface area contributed by atoms with Gasteiger partial charge >= 0.3 is 12.1 Å². The third-order valence-electron chi connectivity index (χ3n) is 5.23. The Hall–Kier alpha value is -2.98. The quantitative estimate of drug-likeness (QED) is 0.234. The van der Waals surface area contributed by atoms with E-state index >= 15 is 0 Å². The molecule has 2 aromatic carbocycles. The van der Waals surface area contributed by atoms with E-state index in [1.165, 1.54) is 4.70 Å². The van der Waals surface area contributed by atoms with Crippen molar-refractivity contribution in [2.75, 3.05) is 25.1 Å². The summed E-state index contributed by atoms with van der Waals surface area (Å²) in [4.78, 5) is 14.0. The molecule has 1 aliphatic heterocycles. The number of halogens is 5. The zero-order chi connectivity index (χ0) is 23.8. The van der Waals surface area contributed by atoms with Gasteiger partial charge in [-0.1, -0.05) is 34.0 Å². The summed E-state index contributed by atoms with van der Waals surface area (Å²) in [6.45, 7) is 0.0575. The molecule has 0 atom stereocenters. The number of carbonyl (C=O) groups excluding carboxylic acids is 1. The van der Waals surface area contributed by atoms with Crippen LogP contribution in [0.25, 0.3) is 10.9 Å². The SMILES string of the molecule is O=C(OCN=[N+]1CCc2c[nH]c3c(O)c(NCCc4ccc(Cl)c(Cl)c4)cc1c23)C(F)(F)F. The van der Waals surface area contributed by atoms with Crippen molar-refractivity contribution >= 4 is 51.4 Å². The van der Waals surface area contributed by atoms with Crippen LogP contribution in [0.4, 0.5) is 24.5 Å². The minimum absolute atomic E-state index is 0.0134. The van der Waals surface area contributed by atoms with Crippen molar-refractivity contribution in [3.8, 4) is 5.75 Å². The number of alkyl halides is 3. The van der Waals surface area contributed by atoms with Crippen molar-refractivity contribution in [1.82, 2.24) is 4.98 Å². The van der Waals surface area contributed by atoms with Crippen molar-refractivity contribution in [1.29, 1.82) is 0 Å². The predicted octanol–water partition coefficient (Wildman–Crippen LogP) is 5.55. The average molecular weight is 502 g/mol. The Morgan fingerprint density at radius 3 is 2.79 bits per heavy atom. The Kier molecular flexibility index (Phi) is 6.40. The smallest absolute Gasteiger partial charge is 0.490 e. The normalized spacial score (nSPS) is 14.6. The zero-order valence-corrected chi connectivity index (χ0v) is 18.5. The van der Waals surface area contributed by atoms with Gasteiger partial charge in [0.25, 0.3) is 0 Å². The van der Waals surface area contributed by atoms with Crippen LogP contribution in [0.2, 0.25) is 10.0 Å². The van der Waals surface area contributed by atoms with Gasteiger partial charge in [0.15, 0.2) is 12.3 Å². The topological polar surface area (TPSA) is 89.7 Å². The highest BCUT2D eigenvalue weighted by atomic mass is 35.5. The highest BCUT2D eigenvalue weighted by Gasteiger charge is 2.41. The van der Waals surface area contributed by atoms with Gasteiger partial charge in [0.05, 0.1) is 26.6 Å². The van der Waals surface area contributed by atoms with E-state index in [2.05, 4.69) is 20.2 Å². The van der Waals surface area contributed by atoms with E-state index in [-0.39, 0.29) is 5.75 Å². The lowest BCUT2D eigenvalue weighted by atomic mass is 10.0. The molecule has 0 saturated carbocycles. The number of rotatable bonds is 6. The highest BCUT2D eigenvalue weighted by molar-refractivity contribution is 6.42. The standard InChI is InChI=1S/C21H17Cl2F3N4O3/c22-13-2-1-11(7-14(13)23)3-5-27-15-8-16-17-12(9-28-18(17)19(15)31)4-6-30(16)29-10-33-20(32)21(24,25)26/h1-2,7-9,29H,3-6,10H2,(H,27,28,31)/p+1. The number of azo groups is 2. The van der Waals surface area contributed by atoms with Gasteiger partial charge in [-0.15, -0.1) is 0 Å². The fourth-order valence-electron chi connectivity index (χ4n) is 3.66. The summed E-state index contributed by atoms with van der Waals surface area (Å²) in [7, 11) is 0. The van der Waals surface area contributed by atoms with Crippen LogP contribution in [0.3, 0.4) is 0 Å². The third kappa shape index (κ3) is 4.86. The summed E-state index contributed by atoms with van der Waals surface area (Å²) in [5.41, 5.74) is 3.36. The first-order valence-corrected chi connectivity index (χ1v) is 10.6. The van der Waals surface area contributed by atoms with Gasteiger partial charge in [0.1, 0.15) is 0 Å². The van der Waals surface area contributed by atoms with Crippen LogP contribution < -0.4 is 5.32 Å². The number of carbonyl (C=O) groups is 1. The van der Waals surface area contributed by atoms with Gasteiger partial charge in [0.2, 0.25) is 12.4 Å². The number of anilines is 1. The number of hydrogen-bond acceptors (Lipinski definition) is 5. The first kappa shape index (κ1) is 23.2. The Labute approximate surface area is 195 Å².